The number of H-pyrrole nitrogens is 1. The molecule has 2 aromatic rings. The molecule has 1 aromatic heterocycles. The number of hydrogen-bond acceptors (Lipinski definition) is 3. The summed E-state index contributed by atoms with van der Waals surface area (Å²) >= 11 is 0. The smallest absolute Gasteiger partial charge is 0.282 e. The number of anilines is 2. The molecule has 1 saturated heterocycles. The largest absolute Gasteiger partial charge is 0.497 e. The number of aromatic amines is 1. The van der Waals surface area contributed by atoms with Crippen LogP contribution in [0.2, 0.25) is 0 Å². The minimum absolute atomic E-state index is 0.0444. The summed E-state index contributed by atoms with van der Waals surface area (Å²) in [5.41, 5.74) is 0.771. The lowest BCUT2D eigenvalue weighted by Gasteiger charge is -2.31. The molecule has 0 aliphatic carbocycles. The maximum absolute atomic E-state index is 12.6. The Hall–Kier alpha value is -2.60. The van der Waals surface area contributed by atoms with Crippen LogP contribution in [0.1, 0.15) is 6.92 Å². The summed E-state index contributed by atoms with van der Waals surface area (Å²) in [7, 11) is 1.62. The summed E-state index contributed by atoms with van der Waals surface area (Å²) in [5, 5.41) is 3.00. The second kappa shape index (κ2) is 7.98. The van der Waals surface area contributed by atoms with E-state index in [0.29, 0.717) is 0 Å². The molecule has 25 heavy (non-hydrogen) atoms. The van der Waals surface area contributed by atoms with Crippen LogP contribution in [0.5, 0.6) is 5.75 Å². The van der Waals surface area contributed by atoms with Gasteiger partial charge in [-0.1, -0.05) is 12.1 Å². The number of aromatic nitrogens is 1. The van der Waals surface area contributed by atoms with Gasteiger partial charge in [-0.2, -0.15) is 0 Å². The van der Waals surface area contributed by atoms with Crippen LogP contribution in [0.15, 0.2) is 48.7 Å². The summed E-state index contributed by atoms with van der Waals surface area (Å²) in [6.45, 7) is 5.75. The Morgan fingerprint density at radius 1 is 1.24 bits per heavy atom. The first-order valence-corrected chi connectivity index (χ1v) is 8.68. The number of hydrogen-bond donors (Lipinski definition) is 2. The number of quaternary nitrogens is 1. The lowest BCUT2D eigenvalue weighted by molar-refractivity contribution is -0.914. The highest BCUT2D eigenvalue weighted by molar-refractivity contribution is 5.93. The quantitative estimate of drug-likeness (QED) is 0.818. The number of carbonyl (C=O) groups is 1. The summed E-state index contributed by atoms with van der Waals surface area (Å²) in [4.78, 5) is 19.5. The van der Waals surface area contributed by atoms with E-state index in [1.807, 2.05) is 49.5 Å². The number of ether oxygens (including phenoxy) is 1. The standard InChI is InChI=1S/C19H24N4O2/c1-15(19(24)21-16-6-5-7-17(14-16)25-2)22-10-12-23(13-11-22)18-8-3-4-9-20-18/h3-9,14-15H,10-13H2,1-2H3,(H,21,24)/p+2/t15-/m0/s1. The molecule has 1 atom stereocenters. The van der Waals surface area contributed by atoms with Crippen molar-refractivity contribution in [2.24, 2.45) is 0 Å². The Morgan fingerprint density at radius 2 is 2.04 bits per heavy atom. The van der Waals surface area contributed by atoms with Crippen LogP contribution in [-0.2, 0) is 4.79 Å². The van der Waals surface area contributed by atoms with Gasteiger partial charge in [-0.3, -0.25) is 9.69 Å². The molecular weight excluding hydrogens is 316 g/mol. The van der Waals surface area contributed by atoms with E-state index in [0.717, 1.165) is 43.4 Å². The number of carbonyl (C=O) groups excluding carboxylic acids is 1. The third kappa shape index (κ3) is 4.28. The van der Waals surface area contributed by atoms with Gasteiger partial charge in [0.1, 0.15) is 31.9 Å². The van der Waals surface area contributed by atoms with Crippen LogP contribution >= 0.6 is 0 Å². The van der Waals surface area contributed by atoms with Crippen molar-refractivity contribution in [3.05, 3.63) is 48.7 Å². The SMILES string of the molecule is COc1cccc(NC(=O)[C@H](C)[NH+]2CCN(c3cccc[nH+]3)CC2)c1. The zero-order valence-electron chi connectivity index (χ0n) is 14.8. The van der Waals surface area contributed by atoms with Crippen molar-refractivity contribution >= 4 is 17.4 Å². The van der Waals surface area contributed by atoms with Gasteiger partial charge in [0.2, 0.25) is 0 Å². The molecule has 6 heteroatoms. The molecule has 3 N–H and O–H groups in total. The molecule has 1 amide bonds. The maximum atomic E-state index is 12.6. The number of piperazine rings is 1. The van der Waals surface area contributed by atoms with Gasteiger partial charge in [-0.25, -0.2) is 4.98 Å². The highest BCUT2D eigenvalue weighted by Crippen LogP contribution is 2.16. The van der Waals surface area contributed by atoms with Gasteiger partial charge in [0, 0.05) is 17.8 Å². The van der Waals surface area contributed by atoms with Gasteiger partial charge in [0.25, 0.3) is 11.7 Å². The van der Waals surface area contributed by atoms with Gasteiger partial charge < -0.3 is 15.0 Å². The molecule has 1 fully saturated rings. The van der Waals surface area contributed by atoms with Crippen LogP contribution in [0, 0.1) is 0 Å². The van der Waals surface area contributed by atoms with Crippen molar-refractivity contribution in [1.29, 1.82) is 0 Å². The fourth-order valence-corrected chi connectivity index (χ4v) is 3.19. The van der Waals surface area contributed by atoms with Crippen LogP contribution in [0.25, 0.3) is 0 Å². The van der Waals surface area contributed by atoms with E-state index >= 15 is 0 Å². The molecule has 3 rings (SSSR count). The average molecular weight is 342 g/mol. The van der Waals surface area contributed by atoms with Gasteiger partial charge in [0.05, 0.1) is 13.3 Å². The van der Waals surface area contributed by atoms with Crippen molar-refractivity contribution in [3.8, 4) is 5.75 Å². The predicted molar refractivity (Wildman–Crippen MR) is 97.0 cm³/mol. The highest BCUT2D eigenvalue weighted by atomic mass is 16.5. The van der Waals surface area contributed by atoms with E-state index in [-0.39, 0.29) is 11.9 Å². The number of pyridine rings is 1. The third-order valence-corrected chi connectivity index (χ3v) is 4.78. The van der Waals surface area contributed by atoms with Crippen LogP contribution in [0.3, 0.4) is 0 Å². The second-order valence-corrected chi connectivity index (χ2v) is 6.34. The molecular formula is C19H26N4O2+2. The summed E-state index contributed by atoms with van der Waals surface area (Å²) in [6, 6.07) is 13.5. The van der Waals surface area contributed by atoms with Gasteiger partial charge in [0.15, 0.2) is 6.04 Å². The molecule has 0 unspecified atom stereocenters. The molecule has 1 aliphatic heterocycles. The molecule has 0 bridgehead atoms. The van der Waals surface area contributed by atoms with Crippen molar-refractivity contribution in [1.82, 2.24) is 0 Å². The minimum atomic E-state index is -0.0897. The highest BCUT2D eigenvalue weighted by Gasteiger charge is 2.32. The van der Waals surface area contributed by atoms with Crippen LogP contribution < -0.4 is 24.8 Å². The normalized spacial score (nSPS) is 16.3. The maximum Gasteiger partial charge on any atom is 0.282 e. The predicted octanol–water partition coefficient (Wildman–Crippen LogP) is 0.241. The fraction of sp³-hybridized carbons (Fsp3) is 0.368. The minimum Gasteiger partial charge on any atom is -0.497 e. The zero-order chi connectivity index (χ0) is 17.6. The van der Waals surface area contributed by atoms with Crippen LogP contribution in [-0.4, -0.2) is 45.2 Å². The summed E-state index contributed by atoms with van der Waals surface area (Å²) in [6.07, 6.45) is 1.94. The number of amides is 1. The lowest BCUT2D eigenvalue weighted by atomic mass is 10.2. The lowest BCUT2D eigenvalue weighted by Crippen LogP contribution is -3.19. The van der Waals surface area contributed by atoms with Crippen molar-refractivity contribution in [3.63, 3.8) is 0 Å². The third-order valence-electron chi connectivity index (χ3n) is 4.78. The number of rotatable bonds is 5. The molecule has 2 heterocycles. The van der Waals surface area contributed by atoms with Crippen molar-refractivity contribution in [2.45, 2.75) is 13.0 Å². The molecule has 1 aliphatic rings. The topological polar surface area (TPSA) is 60.1 Å². The van der Waals surface area contributed by atoms with E-state index in [9.17, 15) is 4.79 Å². The molecule has 132 valence electrons. The van der Waals surface area contributed by atoms with Crippen molar-refractivity contribution in [2.75, 3.05) is 43.5 Å². The molecule has 0 spiro atoms. The van der Waals surface area contributed by atoms with E-state index in [2.05, 4.69) is 21.3 Å². The van der Waals surface area contributed by atoms with Crippen LogP contribution in [0.4, 0.5) is 11.5 Å². The average Bonchev–Trinajstić information content (AvgIpc) is 2.68. The Kier molecular flexibility index (Phi) is 5.50. The monoisotopic (exact) mass is 342 g/mol. The van der Waals surface area contributed by atoms with Crippen molar-refractivity contribution < 1.29 is 19.4 Å². The molecule has 1 aromatic carbocycles. The zero-order valence-corrected chi connectivity index (χ0v) is 14.8. The Bertz CT molecular complexity index is 700. The fourth-order valence-electron chi connectivity index (χ4n) is 3.19. The number of nitrogens with one attached hydrogen (secondary N) is 3. The first-order chi connectivity index (χ1) is 12.2. The molecule has 0 saturated carbocycles. The Labute approximate surface area is 148 Å². The first-order valence-electron chi connectivity index (χ1n) is 8.68. The van der Waals surface area contributed by atoms with E-state index in [4.69, 9.17) is 4.74 Å². The van der Waals surface area contributed by atoms with Gasteiger partial charge in [-0.05, 0) is 25.1 Å². The molecule has 6 nitrogen and oxygen atoms in total. The van der Waals surface area contributed by atoms with E-state index < -0.39 is 0 Å². The summed E-state index contributed by atoms with van der Waals surface area (Å²) in [5.74, 6) is 1.92. The molecule has 0 radical (unpaired) electrons. The number of methoxy groups -OCH3 is 1. The second-order valence-electron chi connectivity index (χ2n) is 6.34. The Balaban J connectivity index is 1.54. The Morgan fingerprint density at radius 3 is 2.72 bits per heavy atom. The number of benzene rings is 1. The van der Waals surface area contributed by atoms with E-state index in [1.165, 1.54) is 4.90 Å². The first kappa shape index (κ1) is 17.2. The summed E-state index contributed by atoms with van der Waals surface area (Å²) < 4.78 is 5.20. The van der Waals surface area contributed by atoms with E-state index in [1.54, 1.807) is 7.11 Å². The van der Waals surface area contributed by atoms with Gasteiger partial charge in [-0.15, -0.1) is 0 Å². The number of nitrogens with zero attached hydrogens (tertiary/aromatic N) is 1. The van der Waals surface area contributed by atoms with Gasteiger partial charge >= 0.3 is 0 Å².